The first kappa shape index (κ1) is 27.8. The topological polar surface area (TPSA) is 135 Å². The van der Waals surface area contributed by atoms with Crippen LogP contribution in [0.15, 0.2) is 77.1 Å². The standard InChI is InChI=1S/C28H28N8O4S2/c1-19-6-3-9-22-25(19)32-28(33-26(37)23-10-5-17-41-23)36(22)34(2)24-11-12-29-27(31-24)30-20-7-4-8-21(18-20)42(38,39)35-13-15-40-16-14-35/h3-12,17-18H,13-16H2,1-2H3,(H,29,30,31)(H,32,33,37). The summed E-state index contributed by atoms with van der Waals surface area (Å²) >= 11 is 1.35. The summed E-state index contributed by atoms with van der Waals surface area (Å²) in [6.07, 6.45) is 1.60. The third kappa shape index (κ3) is 5.44. The zero-order chi connectivity index (χ0) is 29.3. The van der Waals surface area contributed by atoms with E-state index in [1.807, 2.05) is 43.6 Å². The third-order valence-electron chi connectivity index (χ3n) is 6.80. The van der Waals surface area contributed by atoms with Crippen molar-refractivity contribution in [3.63, 3.8) is 0 Å². The van der Waals surface area contributed by atoms with Crippen LogP contribution in [0.1, 0.15) is 15.2 Å². The Bertz CT molecular complexity index is 1850. The molecule has 4 heterocycles. The highest BCUT2D eigenvalue weighted by molar-refractivity contribution is 7.89. The number of amides is 1. The van der Waals surface area contributed by atoms with E-state index in [2.05, 4.69) is 20.6 Å². The second-order valence-electron chi connectivity index (χ2n) is 9.55. The number of nitrogens with zero attached hydrogens (tertiary/aromatic N) is 6. The SMILES string of the molecule is Cc1cccc2c1nc(NC(=O)c1cccs1)n2N(C)c1ccnc(Nc2cccc(S(=O)(=O)N3CCOCC3)c2)n1. The molecule has 3 aromatic heterocycles. The van der Waals surface area contributed by atoms with Gasteiger partial charge in [0.25, 0.3) is 5.91 Å². The lowest BCUT2D eigenvalue weighted by Gasteiger charge is -2.26. The molecule has 216 valence electrons. The maximum atomic E-state index is 13.1. The highest BCUT2D eigenvalue weighted by Gasteiger charge is 2.26. The van der Waals surface area contributed by atoms with Crippen LogP contribution in [0.3, 0.4) is 0 Å². The Morgan fingerprint density at radius 1 is 1.05 bits per heavy atom. The van der Waals surface area contributed by atoms with E-state index in [-0.39, 0.29) is 16.8 Å². The lowest BCUT2D eigenvalue weighted by Crippen LogP contribution is -2.40. The number of hydrogen-bond donors (Lipinski definition) is 2. The summed E-state index contributed by atoms with van der Waals surface area (Å²) in [5.74, 6) is 0.862. The van der Waals surface area contributed by atoms with Gasteiger partial charge in [-0.3, -0.25) is 15.1 Å². The summed E-state index contributed by atoms with van der Waals surface area (Å²) in [5, 5.41) is 9.67. The number of thiophene rings is 1. The van der Waals surface area contributed by atoms with Gasteiger partial charge in [-0.2, -0.15) is 9.29 Å². The van der Waals surface area contributed by atoms with Crippen LogP contribution in [0.2, 0.25) is 0 Å². The number of aryl methyl sites for hydroxylation is 1. The van der Waals surface area contributed by atoms with E-state index in [4.69, 9.17) is 9.72 Å². The molecule has 1 aliphatic heterocycles. The number of rotatable bonds is 8. The van der Waals surface area contributed by atoms with Crippen molar-refractivity contribution in [3.05, 3.63) is 82.7 Å². The predicted molar refractivity (Wildman–Crippen MR) is 162 cm³/mol. The van der Waals surface area contributed by atoms with Crippen molar-refractivity contribution in [3.8, 4) is 0 Å². The molecule has 0 aliphatic carbocycles. The Balaban J connectivity index is 1.30. The summed E-state index contributed by atoms with van der Waals surface area (Å²) in [6.45, 7) is 3.34. The van der Waals surface area contributed by atoms with Crippen LogP contribution < -0.4 is 15.6 Å². The zero-order valence-corrected chi connectivity index (χ0v) is 24.5. The second kappa shape index (κ2) is 11.5. The van der Waals surface area contributed by atoms with E-state index < -0.39 is 10.0 Å². The summed E-state index contributed by atoms with van der Waals surface area (Å²) in [4.78, 5) is 27.4. The molecule has 0 atom stereocenters. The lowest BCUT2D eigenvalue weighted by molar-refractivity contribution is 0.0730. The molecule has 1 fully saturated rings. The minimum atomic E-state index is -3.66. The number of ether oxygens (including phenoxy) is 1. The quantitative estimate of drug-likeness (QED) is 0.268. The van der Waals surface area contributed by atoms with Crippen molar-refractivity contribution in [2.75, 3.05) is 49.0 Å². The van der Waals surface area contributed by atoms with Gasteiger partial charge in [0.2, 0.25) is 21.9 Å². The fourth-order valence-corrected chi connectivity index (χ4v) is 6.75. The number of nitrogens with one attached hydrogen (secondary N) is 2. The molecule has 12 nitrogen and oxygen atoms in total. The van der Waals surface area contributed by atoms with Crippen molar-refractivity contribution >= 4 is 61.7 Å². The fraction of sp³-hybridized carbons (Fsp3) is 0.214. The number of aromatic nitrogens is 4. The normalized spacial score (nSPS) is 14.1. The summed E-state index contributed by atoms with van der Waals surface area (Å²) in [5.41, 5.74) is 3.02. The van der Waals surface area contributed by atoms with E-state index in [9.17, 15) is 13.2 Å². The number of carbonyl (C=O) groups is 1. The Morgan fingerprint density at radius 2 is 1.86 bits per heavy atom. The van der Waals surface area contributed by atoms with Gasteiger partial charge in [-0.15, -0.1) is 11.3 Å². The van der Waals surface area contributed by atoms with Gasteiger partial charge in [0, 0.05) is 38.1 Å². The molecule has 0 unspecified atom stereocenters. The van der Waals surface area contributed by atoms with Crippen LogP contribution in [0, 0.1) is 6.92 Å². The smallest absolute Gasteiger partial charge is 0.268 e. The van der Waals surface area contributed by atoms with Crippen molar-refractivity contribution in [2.45, 2.75) is 11.8 Å². The van der Waals surface area contributed by atoms with Gasteiger partial charge >= 0.3 is 0 Å². The van der Waals surface area contributed by atoms with Gasteiger partial charge in [0.15, 0.2) is 5.82 Å². The van der Waals surface area contributed by atoms with E-state index in [0.717, 1.165) is 16.6 Å². The highest BCUT2D eigenvalue weighted by Crippen LogP contribution is 2.27. The molecule has 1 amide bonds. The number of anilines is 4. The zero-order valence-electron chi connectivity index (χ0n) is 22.9. The average Bonchev–Trinajstić information content (AvgIpc) is 3.67. The molecule has 14 heteroatoms. The van der Waals surface area contributed by atoms with Crippen molar-refractivity contribution < 1.29 is 17.9 Å². The molecule has 0 bridgehead atoms. The van der Waals surface area contributed by atoms with Gasteiger partial charge < -0.3 is 10.1 Å². The van der Waals surface area contributed by atoms with Crippen LogP contribution in [0.25, 0.3) is 11.0 Å². The van der Waals surface area contributed by atoms with E-state index >= 15 is 0 Å². The first-order chi connectivity index (χ1) is 20.3. The molecule has 0 spiro atoms. The highest BCUT2D eigenvalue weighted by atomic mass is 32.2. The van der Waals surface area contributed by atoms with Crippen LogP contribution in [-0.2, 0) is 14.8 Å². The van der Waals surface area contributed by atoms with Crippen molar-refractivity contribution in [2.24, 2.45) is 0 Å². The Labute approximate surface area is 246 Å². The Kier molecular flexibility index (Phi) is 7.60. The summed E-state index contributed by atoms with van der Waals surface area (Å²) in [6, 6.07) is 17.7. The minimum absolute atomic E-state index is 0.175. The average molecular weight is 605 g/mol. The number of carbonyl (C=O) groups excluding carboxylic acids is 1. The number of hydrogen-bond acceptors (Lipinski definition) is 10. The van der Waals surface area contributed by atoms with E-state index in [0.29, 0.717) is 48.6 Å². The lowest BCUT2D eigenvalue weighted by atomic mass is 10.2. The first-order valence-electron chi connectivity index (χ1n) is 13.2. The van der Waals surface area contributed by atoms with Crippen molar-refractivity contribution in [1.29, 1.82) is 0 Å². The minimum Gasteiger partial charge on any atom is -0.379 e. The van der Waals surface area contributed by atoms with Crippen LogP contribution >= 0.6 is 11.3 Å². The number of morpholine rings is 1. The van der Waals surface area contributed by atoms with Crippen LogP contribution in [0.4, 0.5) is 23.4 Å². The van der Waals surface area contributed by atoms with Gasteiger partial charge in [0.1, 0.15) is 0 Å². The van der Waals surface area contributed by atoms with E-state index in [1.165, 1.54) is 15.6 Å². The molecular formula is C28H28N8O4S2. The number of para-hydroxylation sites is 1. The predicted octanol–water partition coefficient (Wildman–Crippen LogP) is 4.11. The maximum Gasteiger partial charge on any atom is 0.268 e. The van der Waals surface area contributed by atoms with Crippen molar-refractivity contribution in [1.82, 2.24) is 23.9 Å². The van der Waals surface area contributed by atoms with E-state index in [1.54, 1.807) is 52.3 Å². The molecule has 0 saturated carbocycles. The molecular weight excluding hydrogens is 576 g/mol. The first-order valence-corrected chi connectivity index (χ1v) is 15.5. The Hall–Kier alpha value is -4.37. The molecule has 0 radical (unpaired) electrons. The number of imidazole rings is 1. The van der Waals surface area contributed by atoms with Gasteiger partial charge in [-0.1, -0.05) is 24.3 Å². The monoisotopic (exact) mass is 604 g/mol. The molecule has 6 rings (SSSR count). The second-order valence-corrected chi connectivity index (χ2v) is 12.4. The summed E-state index contributed by atoms with van der Waals surface area (Å²) < 4.78 is 34.8. The molecule has 2 aromatic carbocycles. The molecule has 2 N–H and O–H groups in total. The van der Waals surface area contributed by atoms with Crippen LogP contribution in [0.5, 0.6) is 0 Å². The number of benzene rings is 2. The maximum absolute atomic E-state index is 13.1. The summed E-state index contributed by atoms with van der Waals surface area (Å²) in [7, 11) is -1.85. The molecule has 1 saturated heterocycles. The van der Waals surface area contributed by atoms with Gasteiger partial charge in [-0.25, -0.2) is 23.1 Å². The number of fused-ring (bicyclic) bond motifs is 1. The molecule has 42 heavy (non-hydrogen) atoms. The molecule has 1 aliphatic rings. The largest absolute Gasteiger partial charge is 0.379 e. The number of sulfonamides is 1. The van der Waals surface area contributed by atoms with Crippen LogP contribution in [-0.4, -0.2) is 71.6 Å². The fourth-order valence-electron chi connectivity index (χ4n) is 4.67. The molecule has 5 aromatic rings. The van der Waals surface area contributed by atoms with Gasteiger partial charge in [-0.05, 0) is 48.2 Å². The van der Waals surface area contributed by atoms with Gasteiger partial charge in [0.05, 0.1) is 34.0 Å². The third-order valence-corrected chi connectivity index (χ3v) is 9.57. The Morgan fingerprint density at radius 3 is 2.64 bits per heavy atom.